The van der Waals surface area contributed by atoms with Crippen molar-refractivity contribution in [3.63, 3.8) is 0 Å². The molecule has 0 nitrogen and oxygen atoms in total. The summed E-state index contributed by atoms with van der Waals surface area (Å²) in [5.74, 6) is 1.29. The number of rotatable bonds is 3. The Morgan fingerprint density at radius 2 is 1.27 bits per heavy atom. The predicted molar refractivity (Wildman–Crippen MR) is 142 cm³/mol. The van der Waals surface area contributed by atoms with E-state index >= 15 is 0 Å². The van der Waals surface area contributed by atoms with Gasteiger partial charge in [-0.1, -0.05) is 110 Å². The van der Waals surface area contributed by atoms with E-state index in [0.717, 1.165) is 6.32 Å². The zero-order valence-electron chi connectivity index (χ0n) is 19.5. The second-order valence-electron chi connectivity index (χ2n) is 10.1. The topological polar surface area (TPSA) is 0 Å². The highest BCUT2D eigenvalue weighted by Gasteiger charge is 2.37. The summed E-state index contributed by atoms with van der Waals surface area (Å²) in [7, 11) is 0. The Hall–Kier alpha value is -3.06. The third-order valence-electron chi connectivity index (χ3n) is 8.22. The normalized spacial score (nSPS) is 19.2. The smallest absolute Gasteiger partial charge is 0.0734 e. The summed E-state index contributed by atoms with van der Waals surface area (Å²) in [4.78, 5) is 0. The van der Waals surface area contributed by atoms with Gasteiger partial charge >= 0.3 is 0 Å². The lowest BCUT2D eigenvalue weighted by Gasteiger charge is -2.26. The summed E-state index contributed by atoms with van der Waals surface area (Å²) >= 11 is 0. The van der Waals surface area contributed by atoms with Gasteiger partial charge in [0.15, 0.2) is 6.71 Å². The van der Waals surface area contributed by atoms with Gasteiger partial charge in [-0.3, -0.25) is 0 Å². The molecule has 4 aromatic carbocycles. The van der Waals surface area contributed by atoms with Gasteiger partial charge < -0.3 is 0 Å². The van der Waals surface area contributed by atoms with Crippen molar-refractivity contribution in [3.05, 3.63) is 119 Å². The van der Waals surface area contributed by atoms with Crippen LogP contribution in [0.1, 0.15) is 53.3 Å². The van der Waals surface area contributed by atoms with Crippen molar-refractivity contribution in [1.82, 2.24) is 0 Å². The highest BCUT2D eigenvalue weighted by atomic mass is 14.3. The fourth-order valence-electron chi connectivity index (χ4n) is 6.63. The van der Waals surface area contributed by atoms with Gasteiger partial charge in [0.05, 0.1) is 0 Å². The van der Waals surface area contributed by atoms with E-state index in [4.69, 9.17) is 0 Å². The molecule has 6 rings (SSSR count). The van der Waals surface area contributed by atoms with E-state index in [2.05, 4.69) is 104 Å². The van der Waals surface area contributed by atoms with Gasteiger partial charge in [-0.05, 0) is 82.3 Å². The fourth-order valence-corrected chi connectivity index (χ4v) is 6.63. The minimum absolute atomic E-state index is 0.617. The summed E-state index contributed by atoms with van der Waals surface area (Å²) in [6, 6.07) is 36.4. The lowest BCUT2D eigenvalue weighted by molar-refractivity contribution is 0.581. The van der Waals surface area contributed by atoms with E-state index in [1.807, 2.05) is 0 Å². The molecule has 1 aliphatic carbocycles. The summed E-state index contributed by atoms with van der Waals surface area (Å²) in [5.41, 5.74) is 11.8. The van der Waals surface area contributed by atoms with E-state index in [9.17, 15) is 0 Å². The van der Waals surface area contributed by atoms with Crippen molar-refractivity contribution < 1.29 is 0 Å². The summed E-state index contributed by atoms with van der Waals surface area (Å²) in [6.07, 6.45) is 6.41. The van der Waals surface area contributed by atoms with Crippen LogP contribution >= 0.6 is 0 Å². The SMILES string of the molecule is Cc1ccccc1-c1ccccc1CB1CCCC2CC1c1ccccc1-c1ccccc12. The van der Waals surface area contributed by atoms with Gasteiger partial charge in [0.25, 0.3) is 0 Å². The molecule has 0 amide bonds. The number of aryl methyl sites for hydroxylation is 1. The first-order valence-corrected chi connectivity index (χ1v) is 12.6. The Balaban J connectivity index is 1.43. The predicted octanol–water partition coefficient (Wildman–Crippen LogP) is 8.51. The Morgan fingerprint density at radius 1 is 0.667 bits per heavy atom. The summed E-state index contributed by atoms with van der Waals surface area (Å²) in [5, 5.41) is 0. The van der Waals surface area contributed by atoms with Crippen molar-refractivity contribution in [2.75, 3.05) is 0 Å². The zero-order chi connectivity index (χ0) is 22.2. The second kappa shape index (κ2) is 8.71. The average Bonchev–Trinajstić information content (AvgIpc) is 3.15. The first-order chi connectivity index (χ1) is 16.3. The molecular formula is C32H31B. The molecule has 1 aliphatic heterocycles. The van der Waals surface area contributed by atoms with E-state index in [1.54, 1.807) is 11.1 Å². The zero-order valence-corrected chi connectivity index (χ0v) is 19.5. The maximum atomic E-state index is 2.42. The van der Waals surface area contributed by atoms with E-state index in [1.165, 1.54) is 59.0 Å². The largest absolute Gasteiger partial charge is 0.152 e. The Kier molecular flexibility index (Phi) is 5.42. The Labute approximate surface area is 198 Å². The molecule has 2 atom stereocenters. The fraction of sp³-hybridized carbons (Fsp3) is 0.250. The minimum atomic E-state index is 0.617. The average molecular weight is 426 g/mol. The van der Waals surface area contributed by atoms with Crippen LogP contribution in [-0.4, -0.2) is 6.71 Å². The molecule has 2 bridgehead atoms. The van der Waals surface area contributed by atoms with Crippen LogP contribution in [-0.2, 0) is 6.32 Å². The van der Waals surface area contributed by atoms with Crippen molar-refractivity contribution in [2.24, 2.45) is 0 Å². The van der Waals surface area contributed by atoms with Crippen molar-refractivity contribution in [1.29, 1.82) is 0 Å². The third-order valence-corrected chi connectivity index (χ3v) is 8.22. The molecule has 1 fully saturated rings. The molecule has 4 aromatic rings. The molecular weight excluding hydrogens is 395 g/mol. The lowest BCUT2D eigenvalue weighted by atomic mass is 9.34. The highest BCUT2D eigenvalue weighted by molar-refractivity contribution is 6.60. The molecule has 2 unspecified atom stereocenters. The second-order valence-corrected chi connectivity index (χ2v) is 10.1. The molecule has 1 saturated heterocycles. The van der Waals surface area contributed by atoms with Crippen LogP contribution in [0.4, 0.5) is 0 Å². The van der Waals surface area contributed by atoms with Crippen LogP contribution in [0.15, 0.2) is 97.1 Å². The maximum absolute atomic E-state index is 2.42. The van der Waals surface area contributed by atoms with Gasteiger partial charge in [-0.25, -0.2) is 0 Å². The lowest BCUT2D eigenvalue weighted by Crippen LogP contribution is -2.26. The van der Waals surface area contributed by atoms with Gasteiger partial charge in [-0.2, -0.15) is 0 Å². The van der Waals surface area contributed by atoms with Gasteiger partial charge in [0.2, 0.25) is 0 Å². The van der Waals surface area contributed by atoms with Gasteiger partial charge in [-0.15, -0.1) is 0 Å². The van der Waals surface area contributed by atoms with Crippen LogP contribution in [0.5, 0.6) is 0 Å². The quantitative estimate of drug-likeness (QED) is 0.288. The van der Waals surface area contributed by atoms with Crippen molar-refractivity contribution in [3.8, 4) is 22.3 Å². The monoisotopic (exact) mass is 426 g/mol. The summed E-state index contributed by atoms with van der Waals surface area (Å²) < 4.78 is 0. The molecule has 1 heterocycles. The molecule has 0 spiro atoms. The summed E-state index contributed by atoms with van der Waals surface area (Å²) in [6.45, 7) is 2.91. The van der Waals surface area contributed by atoms with Crippen LogP contribution in [0, 0.1) is 6.92 Å². The molecule has 33 heavy (non-hydrogen) atoms. The first kappa shape index (κ1) is 20.5. The molecule has 1 heteroatoms. The third kappa shape index (κ3) is 3.74. The van der Waals surface area contributed by atoms with Crippen LogP contribution < -0.4 is 0 Å². The molecule has 0 radical (unpaired) electrons. The van der Waals surface area contributed by atoms with Crippen molar-refractivity contribution in [2.45, 2.75) is 50.6 Å². The molecule has 162 valence electrons. The van der Waals surface area contributed by atoms with Crippen LogP contribution in [0.2, 0.25) is 6.32 Å². The molecule has 2 aliphatic rings. The maximum Gasteiger partial charge on any atom is 0.152 e. The molecule has 0 saturated carbocycles. The molecule has 0 N–H and O–H groups in total. The number of hydrogen-bond acceptors (Lipinski definition) is 0. The molecule has 0 aromatic heterocycles. The number of fused-ring (bicyclic) bond motifs is 7. The van der Waals surface area contributed by atoms with E-state index in [0.29, 0.717) is 18.4 Å². The van der Waals surface area contributed by atoms with Crippen molar-refractivity contribution >= 4 is 6.71 Å². The Morgan fingerprint density at radius 3 is 2.06 bits per heavy atom. The van der Waals surface area contributed by atoms with Crippen LogP contribution in [0.25, 0.3) is 22.3 Å². The minimum Gasteiger partial charge on any atom is -0.0734 e. The van der Waals surface area contributed by atoms with E-state index < -0.39 is 0 Å². The van der Waals surface area contributed by atoms with Gasteiger partial charge in [0.1, 0.15) is 0 Å². The number of benzene rings is 4. The first-order valence-electron chi connectivity index (χ1n) is 12.6. The Bertz CT molecular complexity index is 1290. The standard InChI is InChI=1S/C32H31B/c1-23-11-2-4-14-26(23)28-16-5-3-12-25(28)22-33-20-10-13-24-21-32(33)31-19-9-8-18-30(31)29-17-7-6-15-27(24)29/h2-9,11-12,14-19,24,32H,10,13,20-22H2,1H3. The van der Waals surface area contributed by atoms with Crippen LogP contribution in [0.3, 0.4) is 0 Å². The number of hydrogen-bond donors (Lipinski definition) is 0. The van der Waals surface area contributed by atoms with Gasteiger partial charge in [0, 0.05) is 0 Å². The van der Waals surface area contributed by atoms with E-state index in [-0.39, 0.29) is 0 Å². The highest BCUT2D eigenvalue weighted by Crippen LogP contribution is 2.49.